The van der Waals surface area contributed by atoms with Gasteiger partial charge in [-0.25, -0.2) is 19.2 Å². The van der Waals surface area contributed by atoms with E-state index in [9.17, 15) is 9.59 Å². The number of para-hydroxylation sites is 1. The zero-order valence-electron chi connectivity index (χ0n) is 23.8. The van der Waals surface area contributed by atoms with Gasteiger partial charge in [0.25, 0.3) is 5.56 Å². The summed E-state index contributed by atoms with van der Waals surface area (Å²) < 4.78 is 30.3. The fraction of sp³-hybridized carbons (Fsp3) is 0.242. The van der Waals surface area contributed by atoms with Crippen molar-refractivity contribution in [3.63, 3.8) is 0 Å². The van der Waals surface area contributed by atoms with Crippen LogP contribution in [0.1, 0.15) is 28.9 Å². The zero-order valence-corrected chi connectivity index (χ0v) is 23.8. The van der Waals surface area contributed by atoms with Gasteiger partial charge in [-0.2, -0.15) is 0 Å². The molecular weight excluding hydrogens is 549 g/mol. The Morgan fingerprint density at radius 3 is 2.67 bits per heavy atom. The first-order valence-corrected chi connectivity index (χ1v) is 14.3. The predicted octanol–water partition coefficient (Wildman–Crippen LogP) is 4.13. The molecule has 7 rings (SSSR count). The molecule has 3 aromatic carbocycles. The summed E-state index contributed by atoms with van der Waals surface area (Å²) in [6.07, 6.45) is 4.05. The molecule has 3 atom stereocenters. The summed E-state index contributed by atoms with van der Waals surface area (Å²) >= 11 is 0. The van der Waals surface area contributed by atoms with Gasteiger partial charge in [0.2, 0.25) is 0 Å². The Morgan fingerprint density at radius 2 is 1.91 bits per heavy atom. The molecular formula is C33H31FN5O4+. The predicted molar refractivity (Wildman–Crippen MR) is 159 cm³/mol. The molecule has 2 aromatic heterocycles. The highest BCUT2D eigenvalue weighted by atomic mass is 19.1. The molecule has 0 radical (unpaired) electrons. The Morgan fingerprint density at radius 1 is 1.07 bits per heavy atom. The lowest BCUT2D eigenvalue weighted by molar-refractivity contribution is -0.464. The molecule has 2 aliphatic rings. The van der Waals surface area contributed by atoms with E-state index in [0.717, 1.165) is 23.5 Å². The van der Waals surface area contributed by atoms with E-state index in [1.54, 1.807) is 49.1 Å². The van der Waals surface area contributed by atoms with Crippen molar-refractivity contribution >= 4 is 22.5 Å². The lowest BCUT2D eigenvalue weighted by Crippen LogP contribution is -2.82. The van der Waals surface area contributed by atoms with Gasteiger partial charge in [-0.3, -0.25) is 14.5 Å². The third kappa shape index (κ3) is 5.19. The molecule has 10 heteroatoms. The topological polar surface area (TPSA) is 104 Å². The summed E-state index contributed by atoms with van der Waals surface area (Å²) in [7, 11) is 1.72. The van der Waals surface area contributed by atoms with E-state index >= 15 is 4.39 Å². The minimum Gasteiger partial charge on any atom is -0.492 e. The molecule has 0 spiro atoms. The number of nitrogens with two attached hydrogens (primary N) is 1. The maximum Gasteiger partial charge on any atom is 0.355 e. The smallest absolute Gasteiger partial charge is 0.355 e. The number of fused-ring (bicyclic) bond motifs is 2. The van der Waals surface area contributed by atoms with Crippen LogP contribution >= 0.6 is 0 Å². The fourth-order valence-corrected chi connectivity index (χ4v) is 5.93. The van der Waals surface area contributed by atoms with Crippen LogP contribution < -0.4 is 25.7 Å². The normalized spacial score (nSPS) is 18.9. The Labute approximate surface area is 246 Å². The maximum absolute atomic E-state index is 15.2. The van der Waals surface area contributed by atoms with Crippen LogP contribution in [0.15, 0.2) is 83.8 Å². The molecule has 2 fully saturated rings. The molecule has 1 saturated heterocycles. The van der Waals surface area contributed by atoms with Crippen LogP contribution in [0.2, 0.25) is 0 Å². The number of hydrogen-bond donors (Lipinski definition) is 2. The number of halogens is 1. The number of piperidine rings is 1. The zero-order chi connectivity index (χ0) is 29.7. The molecule has 9 nitrogen and oxygen atoms in total. The highest BCUT2D eigenvalue weighted by Crippen LogP contribution is 2.40. The molecule has 43 heavy (non-hydrogen) atoms. The number of benzene rings is 3. The summed E-state index contributed by atoms with van der Waals surface area (Å²) in [5, 5.41) is 5.56. The van der Waals surface area contributed by atoms with Crippen LogP contribution in [-0.2, 0) is 7.05 Å². The number of carbonyl (C=O) groups is 1. The largest absolute Gasteiger partial charge is 0.492 e. The second-order valence-electron chi connectivity index (χ2n) is 11.2. The number of quaternary nitrogens is 1. The van der Waals surface area contributed by atoms with Crippen LogP contribution in [0.5, 0.6) is 17.2 Å². The number of nitrogens with zero attached hydrogens (tertiary/aromatic N) is 3. The number of hydrogen-bond acceptors (Lipinski definition) is 6. The first kappa shape index (κ1) is 27.1. The highest BCUT2D eigenvalue weighted by Gasteiger charge is 2.45. The Bertz CT molecular complexity index is 1910. The maximum atomic E-state index is 15.2. The minimum atomic E-state index is -0.639. The van der Waals surface area contributed by atoms with E-state index in [1.165, 1.54) is 28.6 Å². The van der Waals surface area contributed by atoms with Gasteiger partial charge >= 0.3 is 5.91 Å². The van der Waals surface area contributed by atoms with Gasteiger partial charge in [0, 0.05) is 48.9 Å². The fourth-order valence-electron chi connectivity index (χ4n) is 5.93. The summed E-state index contributed by atoms with van der Waals surface area (Å²) in [6, 6.07) is 21.7. The molecule has 3 heterocycles. The minimum absolute atomic E-state index is 0.00521. The molecule has 218 valence electrons. The van der Waals surface area contributed by atoms with Gasteiger partial charge in [-0.15, -0.1) is 0 Å². The quantitative estimate of drug-likeness (QED) is 0.268. The van der Waals surface area contributed by atoms with E-state index in [1.807, 2.05) is 36.4 Å². The SMILES string of the molecule is Cc1c(C(=O)[NH2+]c2ccc(Oc3ccnc4cc(OCC5CC6CC6N5)ccc34)c(F)c2)c(=O)n(-c2ccccc2)n1C. The van der Waals surface area contributed by atoms with Gasteiger partial charge in [0.05, 0.1) is 16.9 Å². The Kier molecular flexibility index (Phi) is 6.79. The number of amides is 1. The van der Waals surface area contributed by atoms with Crippen LogP contribution in [0, 0.1) is 18.7 Å². The third-order valence-electron chi connectivity index (χ3n) is 8.36. The number of nitrogens with one attached hydrogen (secondary N) is 1. The van der Waals surface area contributed by atoms with Crippen molar-refractivity contribution in [1.82, 2.24) is 19.7 Å². The molecule has 1 aliphatic heterocycles. The summed E-state index contributed by atoms with van der Waals surface area (Å²) in [5.74, 6) is 0.845. The van der Waals surface area contributed by atoms with Gasteiger partial charge in [-0.1, -0.05) is 18.2 Å². The van der Waals surface area contributed by atoms with Crippen molar-refractivity contribution in [2.45, 2.75) is 31.8 Å². The van der Waals surface area contributed by atoms with Crippen molar-refractivity contribution in [1.29, 1.82) is 0 Å². The van der Waals surface area contributed by atoms with Gasteiger partial charge < -0.3 is 14.8 Å². The summed E-state index contributed by atoms with van der Waals surface area (Å²) in [4.78, 5) is 30.8. The number of carbonyl (C=O) groups excluding carboxylic acids is 1. The van der Waals surface area contributed by atoms with Gasteiger partial charge in [-0.05, 0) is 62.1 Å². The lowest BCUT2D eigenvalue weighted by Gasteiger charge is -2.15. The number of pyridine rings is 1. The Hall–Kier alpha value is -4.80. The molecule has 1 amide bonds. The number of rotatable bonds is 8. The van der Waals surface area contributed by atoms with E-state index in [-0.39, 0.29) is 11.3 Å². The summed E-state index contributed by atoms with van der Waals surface area (Å²) in [6.45, 7) is 2.32. The summed E-state index contributed by atoms with van der Waals surface area (Å²) in [5.41, 5.74) is 1.76. The van der Waals surface area contributed by atoms with E-state index in [0.29, 0.717) is 47.0 Å². The van der Waals surface area contributed by atoms with Crippen molar-refractivity contribution < 1.29 is 24.0 Å². The average molecular weight is 581 g/mol. The van der Waals surface area contributed by atoms with Crippen molar-refractivity contribution in [2.24, 2.45) is 13.0 Å². The van der Waals surface area contributed by atoms with E-state index < -0.39 is 17.3 Å². The number of aromatic nitrogens is 3. The lowest BCUT2D eigenvalue weighted by atomic mass is 10.2. The molecule has 3 unspecified atom stereocenters. The van der Waals surface area contributed by atoms with E-state index in [2.05, 4.69) is 10.3 Å². The average Bonchev–Trinajstić information content (AvgIpc) is 3.54. The van der Waals surface area contributed by atoms with Gasteiger partial charge in [0.1, 0.15) is 23.8 Å². The molecule has 1 saturated carbocycles. The number of ether oxygens (including phenoxy) is 2. The molecule has 0 bridgehead atoms. The van der Waals surface area contributed by atoms with E-state index in [4.69, 9.17) is 9.47 Å². The van der Waals surface area contributed by atoms with Crippen LogP contribution in [-0.4, -0.2) is 38.9 Å². The highest BCUT2D eigenvalue weighted by molar-refractivity contribution is 5.89. The van der Waals surface area contributed by atoms with Gasteiger partial charge in [0.15, 0.2) is 17.1 Å². The van der Waals surface area contributed by atoms with Crippen LogP contribution in [0.25, 0.3) is 16.6 Å². The second kappa shape index (κ2) is 10.8. The third-order valence-corrected chi connectivity index (χ3v) is 8.36. The monoisotopic (exact) mass is 580 g/mol. The molecule has 5 aromatic rings. The number of primary amides is 1. The van der Waals surface area contributed by atoms with Crippen LogP contribution in [0.4, 0.5) is 10.1 Å². The Balaban J connectivity index is 1.06. The second-order valence-corrected chi connectivity index (χ2v) is 11.2. The first-order valence-electron chi connectivity index (χ1n) is 14.3. The standard InChI is InChI=1S/C33H30FN5O4/c1-19-31(33(41)39(38(19)2)23-6-4-3-5-7-23)32(40)37-21-8-11-30(26(34)16-21)43-29-12-13-35-28-17-24(9-10-25(28)29)42-18-22-14-20-15-27(20)36-22/h3-13,16-17,20,22,27,36H,14-15,18H2,1-2H3,(H,37,40)/p+1. The van der Waals surface area contributed by atoms with Crippen LogP contribution in [0.3, 0.4) is 0 Å². The first-order chi connectivity index (χ1) is 20.9. The van der Waals surface area contributed by atoms with Crippen molar-refractivity contribution in [2.75, 3.05) is 6.61 Å². The van der Waals surface area contributed by atoms with Crippen molar-refractivity contribution in [3.05, 3.63) is 106 Å². The van der Waals surface area contributed by atoms with Crippen molar-refractivity contribution in [3.8, 4) is 22.9 Å². The molecule has 3 N–H and O–H groups in total. The molecule has 1 aliphatic carbocycles.